The zero-order valence-electron chi connectivity index (χ0n) is 22.9. The molecular formula is C28H33F2N5O5. The number of aromatic nitrogens is 3. The molecule has 0 unspecified atom stereocenters. The number of carbonyl (C=O) groups is 1. The molecule has 5 rings (SSSR count). The van der Waals surface area contributed by atoms with E-state index in [0.717, 1.165) is 31.2 Å². The molecule has 4 heterocycles. The van der Waals surface area contributed by atoms with E-state index in [4.69, 9.17) is 14.2 Å². The number of halogens is 2. The van der Waals surface area contributed by atoms with Gasteiger partial charge in [-0.1, -0.05) is 0 Å². The molecule has 2 aromatic heterocycles. The number of benzene rings is 1. The Balaban J connectivity index is 1.19. The third-order valence-electron chi connectivity index (χ3n) is 7.20. The van der Waals surface area contributed by atoms with E-state index < -0.39 is 23.3 Å². The molecule has 2 aliphatic heterocycles. The predicted molar refractivity (Wildman–Crippen MR) is 142 cm³/mol. The number of amides is 1. The summed E-state index contributed by atoms with van der Waals surface area (Å²) in [6.45, 7) is 9.14. The van der Waals surface area contributed by atoms with E-state index in [2.05, 4.69) is 14.9 Å². The van der Waals surface area contributed by atoms with Crippen LogP contribution in [0.2, 0.25) is 0 Å². The number of hydrogen-bond acceptors (Lipinski definition) is 8. The maximum absolute atomic E-state index is 13.9. The number of likely N-dealkylation sites (tertiary alicyclic amines) is 1. The van der Waals surface area contributed by atoms with Crippen molar-refractivity contribution in [2.75, 3.05) is 32.8 Å². The average Bonchev–Trinajstić information content (AvgIpc) is 2.92. The summed E-state index contributed by atoms with van der Waals surface area (Å²) in [7, 11) is 0. The van der Waals surface area contributed by atoms with E-state index in [1.165, 1.54) is 4.57 Å². The van der Waals surface area contributed by atoms with Crippen LogP contribution >= 0.6 is 0 Å². The van der Waals surface area contributed by atoms with Crippen molar-refractivity contribution >= 4 is 17.1 Å². The van der Waals surface area contributed by atoms with Gasteiger partial charge in [0.25, 0.3) is 5.56 Å². The van der Waals surface area contributed by atoms with Crippen molar-refractivity contribution in [3.8, 4) is 11.5 Å². The zero-order chi connectivity index (χ0) is 28.4. The molecule has 3 aromatic rings. The highest BCUT2D eigenvalue weighted by atomic mass is 19.2. The molecule has 214 valence electrons. The van der Waals surface area contributed by atoms with Crippen LogP contribution < -0.4 is 15.0 Å². The van der Waals surface area contributed by atoms with Gasteiger partial charge in [-0.3, -0.25) is 9.78 Å². The monoisotopic (exact) mass is 557 g/mol. The van der Waals surface area contributed by atoms with E-state index in [-0.39, 0.29) is 29.2 Å². The Kier molecular flexibility index (Phi) is 7.88. The molecule has 1 aromatic carbocycles. The Morgan fingerprint density at radius 2 is 1.73 bits per heavy atom. The number of ether oxygens (including phenoxy) is 3. The fourth-order valence-corrected chi connectivity index (χ4v) is 5.28. The minimum atomic E-state index is -1.02. The van der Waals surface area contributed by atoms with Crippen molar-refractivity contribution < 1.29 is 27.8 Å². The molecule has 1 amide bonds. The van der Waals surface area contributed by atoms with Crippen LogP contribution in [0.15, 0.2) is 35.4 Å². The third-order valence-corrected chi connectivity index (χ3v) is 7.20. The number of nitrogens with zero attached hydrogens (tertiary/aromatic N) is 5. The summed E-state index contributed by atoms with van der Waals surface area (Å²) in [6, 6.07) is 3.71. The molecule has 0 radical (unpaired) electrons. The van der Waals surface area contributed by atoms with Crippen molar-refractivity contribution in [2.24, 2.45) is 0 Å². The lowest BCUT2D eigenvalue weighted by atomic mass is 9.97. The van der Waals surface area contributed by atoms with E-state index in [0.29, 0.717) is 56.6 Å². The van der Waals surface area contributed by atoms with Gasteiger partial charge in [0.1, 0.15) is 19.8 Å². The maximum Gasteiger partial charge on any atom is 0.410 e. The second-order valence-electron chi connectivity index (χ2n) is 11.0. The molecule has 0 saturated carbocycles. The van der Waals surface area contributed by atoms with E-state index in [9.17, 15) is 18.4 Å². The molecule has 0 aliphatic carbocycles. The van der Waals surface area contributed by atoms with Gasteiger partial charge in [0.2, 0.25) is 0 Å². The van der Waals surface area contributed by atoms with E-state index >= 15 is 0 Å². The van der Waals surface area contributed by atoms with Gasteiger partial charge in [-0.15, -0.1) is 0 Å². The quantitative estimate of drug-likeness (QED) is 0.452. The summed E-state index contributed by atoms with van der Waals surface area (Å²) >= 11 is 0. The Labute approximate surface area is 230 Å². The second kappa shape index (κ2) is 11.4. The minimum absolute atomic E-state index is 0.0139. The molecule has 0 N–H and O–H groups in total. The van der Waals surface area contributed by atoms with Gasteiger partial charge >= 0.3 is 6.09 Å². The van der Waals surface area contributed by atoms with E-state index in [1.54, 1.807) is 17.2 Å². The van der Waals surface area contributed by atoms with Crippen LogP contribution in [0, 0.1) is 11.6 Å². The number of hydrogen-bond donors (Lipinski definition) is 0. The first-order valence-electron chi connectivity index (χ1n) is 13.4. The molecular weight excluding hydrogens is 524 g/mol. The Morgan fingerprint density at radius 3 is 2.45 bits per heavy atom. The van der Waals surface area contributed by atoms with Crippen molar-refractivity contribution in [2.45, 2.75) is 58.3 Å². The lowest BCUT2D eigenvalue weighted by molar-refractivity contribution is 0.0192. The molecule has 0 atom stereocenters. The van der Waals surface area contributed by atoms with Crippen LogP contribution in [0.25, 0.3) is 11.0 Å². The maximum atomic E-state index is 13.9. The topological polar surface area (TPSA) is 99.0 Å². The van der Waals surface area contributed by atoms with Crippen LogP contribution in [0.3, 0.4) is 0 Å². The van der Waals surface area contributed by atoms with Gasteiger partial charge in [-0.2, -0.15) is 0 Å². The lowest BCUT2D eigenvalue weighted by Crippen LogP contribution is -2.55. The van der Waals surface area contributed by atoms with Crippen LogP contribution in [-0.4, -0.2) is 74.9 Å². The largest absolute Gasteiger partial charge is 0.486 e. The average molecular weight is 558 g/mol. The molecule has 12 heteroatoms. The molecule has 0 bridgehead atoms. The highest BCUT2D eigenvalue weighted by Gasteiger charge is 2.36. The van der Waals surface area contributed by atoms with Gasteiger partial charge in [0.05, 0.1) is 29.1 Å². The smallest absolute Gasteiger partial charge is 0.410 e. The summed E-state index contributed by atoms with van der Waals surface area (Å²) in [5.41, 5.74) is 0.219. The van der Waals surface area contributed by atoms with E-state index in [1.807, 2.05) is 20.8 Å². The van der Waals surface area contributed by atoms with Crippen molar-refractivity contribution in [3.05, 3.63) is 58.3 Å². The summed E-state index contributed by atoms with van der Waals surface area (Å²) in [5, 5.41) is 0. The normalized spacial score (nSPS) is 16.2. The first-order valence-corrected chi connectivity index (χ1v) is 13.4. The standard InChI is InChI=1S/C28H33F2N5O5/c1-28(2,3)35(27(37)40-17-18-12-24-25(15-31-18)39-11-10-38-24)19-4-6-33(7-5-19)8-9-34-23-14-21(30)20(29)13-22(23)32-16-26(34)36/h12-16,19H,4-11,17H2,1-3H3. The van der Waals surface area contributed by atoms with Gasteiger partial charge in [-0.05, 0) is 33.6 Å². The second-order valence-corrected chi connectivity index (χ2v) is 11.0. The number of piperidine rings is 1. The fourth-order valence-electron chi connectivity index (χ4n) is 5.28. The molecule has 1 fully saturated rings. The van der Waals surface area contributed by atoms with Gasteiger partial charge in [0, 0.05) is 56.0 Å². The number of fused-ring (bicyclic) bond motifs is 2. The zero-order valence-corrected chi connectivity index (χ0v) is 22.9. The van der Waals surface area contributed by atoms with Gasteiger partial charge < -0.3 is 28.6 Å². The number of rotatable bonds is 6. The fraction of sp³-hybridized carbons (Fsp3) is 0.500. The Bertz CT molecular complexity index is 1450. The predicted octanol–water partition coefficient (Wildman–Crippen LogP) is 3.74. The number of carbonyl (C=O) groups excluding carboxylic acids is 1. The van der Waals surface area contributed by atoms with Crippen molar-refractivity contribution in [3.63, 3.8) is 0 Å². The van der Waals surface area contributed by atoms with Gasteiger partial charge in [-0.25, -0.2) is 18.6 Å². The third kappa shape index (κ3) is 6.01. The summed E-state index contributed by atoms with van der Waals surface area (Å²) in [4.78, 5) is 38.0. The molecule has 2 aliphatic rings. The summed E-state index contributed by atoms with van der Waals surface area (Å²) < 4.78 is 45.7. The summed E-state index contributed by atoms with van der Waals surface area (Å²) in [5.74, 6) is -0.857. The first kappa shape index (κ1) is 27.8. The van der Waals surface area contributed by atoms with Crippen LogP contribution in [0.5, 0.6) is 11.5 Å². The molecule has 10 nitrogen and oxygen atoms in total. The molecule has 40 heavy (non-hydrogen) atoms. The Hall–Kier alpha value is -3.80. The highest BCUT2D eigenvalue weighted by Crippen LogP contribution is 2.30. The summed E-state index contributed by atoms with van der Waals surface area (Å²) in [6.07, 6.45) is 3.74. The van der Waals surface area contributed by atoms with Crippen molar-refractivity contribution in [1.82, 2.24) is 24.3 Å². The van der Waals surface area contributed by atoms with Crippen LogP contribution in [-0.2, 0) is 17.9 Å². The molecule has 1 saturated heterocycles. The van der Waals surface area contributed by atoms with Crippen LogP contribution in [0.1, 0.15) is 39.3 Å². The van der Waals surface area contributed by atoms with Gasteiger partial charge in [0.15, 0.2) is 23.1 Å². The lowest BCUT2D eigenvalue weighted by Gasteiger charge is -2.44. The number of pyridine rings is 1. The van der Waals surface area contributed by atoms with Crippen molar-refractivity contribution in [1.29, 1.82) is 0 Å². The van der Waals surface area contributed by atoms with Crippen LogP contribution in [0.4, 0.5) is 13.6 Å². The molecule has 0 spiro atoms. The minimum Gasteiger partial charge on any atom is -0.486 e. The SMILES string of the molecule is CC(C)(C)N(C(=O)OCc1cc2c(cn1)OCCO2)C1CCN(CCn2c(=O)cnc3cc(F)c(F)cc32)CC1. The first-order chi connectivity index (χ1) is 19.1. The highest BCUT2D eigenvalue weighted by molar-refractivity contribution is 5.74. The Morgan fingerprint density at radius 1 is 1.02 bits per heavy atom.